The van der Waals surface area contributed by atoms with Crippen molar-refractivity contribution in [1.29, 1.82) is 0 Å². The molecule has 0 saturated heterocycles. The zero-order chi connectivity index (χ0) is 14.9. The molecular weight excluding hydrogens is 288 g/mol. The van der Waals surface area contributed by atoms with Crippen LogP contribution in [0.15, 0.2) is 35.1 Å². The highest BCUT2D eigenvalue weighted by atomic mass is 32.2. The smallest absolute Gasteiger partial charge is 0.252 e. The largest absolute Gasteiger partial charge is 0.322 e. The van der Waals surface area contributed by atoms with E-state index in [9.17, 15) is 13.2 Å². The van der Waals surface area contributed by atoms with Crippen LogP contribution in [-0.4, -0.2) is 18.7 Å². The summed E-state index contributed by atoms with van der Waals surface area (Å²) in [6.07, 6.45) is 3.34. The van der Waals surface area contributed by atoms with E-state index in [0.717, 1.165) is 23.7 Å². The lowest BCUT2D eigenvalue weighted by molar-refractivity contribution is 0.564. The fourth-order valence-electron chi connectivity index (χ4n) is 2.82. The number of hydrogen-bond donors (Lipinski definition) is 2. The number of nitrogens with one attached hydrogen (secondary N) is 2. The monoisotopic (exact) mass is 306 g/mol. The lowest BCUT2D eigenvalue weighted by atomic mass is 10.1. The van der Waals surface area contributed by atoms with Gasteiger partial charge in [-0.2, -0.15) is 0 Å². The summed E-state index contributed by atoms with van der Waals surface area (Å²) in [6, 6.07) is 9.18. The van der Waals surface area contributed by atoms with Crippen LogP contribution in [0.3, 0.4) is 0 Å². The average molecular weight is 306 g/mol. The highest BCUT2D eigenvalue weighted by molar-refractivity contribution is 7.90. The van der Waals surface area contributed by atoms with Gasteiger partial charge >= 0.3 is 0 Å². The number of rotatable bonds is 4. The normalized spacial score (nSPS) is 16.6. The summed E-state index contributed by atoms with van der Waals surface area (Å²) in [6.45, 7) is 0.0407. The van der Waals surface area contributed by atoms with Gasteiger partial charge in [-0.15, -0.1) is 0 Å². The molecule has 0 atom stereocenters. The molecule has 112 valence electrons. The van der Waals surface area contributed by atoms with E-state index in [2.05, 4.69) is 9.71 Å². The van der Waals surface area contributed by atoms with Crippen LogP contribution in [0.2, 0.25) is 0 Å². The fourth-order valence-corrected chi connectivity index (χ4v) is 4.37. The topological polar surface area (TPSA) is 79.0 Å². The number of aromatic amines is 1. The van der Waals surface area contributed by atoms with Gasteiger partial charge in [-0.1, -0.05) is 31.0 Å². The van der Waals surface area contributed by atoms with Gasteiger partial charge in [0.15, 0.2) is 0 Å². The van der Waals surface area contributed by atoms with Gasteiger partial charge in [-0.05, 0) is 30.4 Å². The first-order valence-corrected chi connectivity index (χ1v) is 8.70. The highest BCUT2D eigenvalue weighted by Gasteiger charge is 2.28. The number of hydrogen-bond acceptors (Lipinski definition) is 3. The van der Waals surface area contributed by atoms with E-state index in [1.165, 1.54) is 0 Å². The van der Waals surface area contributed by atoms with Gasteiger partial charge in [-0.25, -0.2) is 13.1 Å². The van der Waals surface area contributed by atoms with E-state index in [1.54, 1.807) is 6.07 Å². The Kier molecular flexibility index (Phi) is 3.82. The zero-order valence-corrected chi connectivity index (χ0v) is 12.4. The SMILES string of the molecule is O=c1[nH]c2ccccc2cc1CNS(=O)(=O)C1CCCC1. The van der Waals surface area contributed by atoms with Gasteiger partial charge in [0.25, 0.3) is 5.56 Å². The molecule has 3 rings (SSSR count). The molecule has 2 aromatic rings. The fraction of sp³-hybridized carbons (Fsp3) is 0.400. The molecule has 1 aliphatic rings. The maximum Gasteiger partial charge on any atom is 0.252 e. The predicted octanol–water partition coefficient (Wildman–Crippen LogP) is 1.89. The number of aromatic nitrogens is 1. The van der Waals surface area contributed by atoms with Gasteiger partial charge in [0.05, 0.1) is 5.25 Å². The van der Waals surface area contributed by atoms with Gasteiger partial charge in [0.2, 0.25) is 10.0 Å². The maximum absolute atomic E-state index is 12.2. The Morgan fingerprint density at radius 3 is 2.67 bits per heavy atom. The third kappa shape index (κ3) is 3.01. The Balaban J connectivity index is 1.82. The minimum Gasteiger partial charge on any atom is -0.322 e. The van der Waals surface area contributed by atoms with Crippen molar-refractivity contribution in [2.45, 2.75) is 37.5 Å². The molecule has 0 aliphatic heterocycles. The molecule has 6 heteroatoms. The van der Waals surface area contributed by atoms with Crippen LogP contribution >= 0.6 is 0 Å². The molecule has 1 aromatic heterocycles. The van der Waals surface area contributed by atoms with Crippen molar-refractivity contribution in [3.63, 3.8) is 0 Å². The quantitative estimate of drug-likeness (QED) is 0.905. The molecule has 1 heterocycles. The van der Waals surface area contributed by atoms with Crippen molar-refractivity contribution in [3.8, 4) is 0 Å². The summed E-state index contributed by atoms with van der Waals surface area (Å²) in [5.41, 5.74) is 0.947. The molecular formula is C15H18N2O3S. The molecule has 5 nitrogen and oxygen atoms in total. The van der Waals surface area contributed by atoms with E-state index in [1.807, 2.05) is 24.3 Å². The van der Waals surface area contributed by atoms with Crippen LogP contribution in [0.1, 0.15) is 31.2 Å². The predicted molar refractivity (Wildman–Crippen MR) is 82.6 cm³/mol. The third-order valence-electron chi connectivity index (χ3n) is 4.04. The minimum atomic E-state index is -3.33. The van der Waals surface area contributed by atoms with Gasteiger partial charge < -0.3 is 4.98 Å². The Bertz CT molecular complexity index is 805. The highest BCUT2D eigenvalue weighted by Crippen LogP contribution is 2.24. The number of H-pyrrole nitrogens is 1. The zero-order valence-electron chi connectivity index (χ0n) is 11.6. The summed E-state index contributed by atoms with van der Waals surface area (Å²) in [5, 5.41) is 0.587. The standard InChI is InChI=1S/C15H18N2O3S/c18-15-12(9-11-5-1-4-8-14(11)17-15)10-16-21(19,20)13-6-2-3-7-13/h1,4-5,8-9,13,16H,2-3,6-7,10H2,(H,17,18). The van der Waals surface area contributed by atoms with Gasteiger partial charge in [0.1, 0.15) is 0 Å². The lowest BCUT2D eigenvalue weighted by Crippen LogP contribution is -2.33. The number of sulfonamides is 1. The van der Waals surface area contributed by atoms with Gasteiger partial charge in [0, 0.05) is 17.6 Å². The number of fused-ring (bicyclic) bond motifs is 1. The average Bonchev–Trinajstić information content (AvgIpc) is 3.00. The number of para-hydroxylation sites is 1. The van der Waals surface area contributed by atoms with E-state index in [-0.39, 0.29) is 17.4 Å². The van der Waals surface area contributed by atoms with E-state index in [0.29, 0.717) is 18.4 Å². The van der Waals surface area contributed by atoms with Crippen molar-refractivity contribution < 1.29 is 8.42 Å². The van der Waals surface area contributed by atoms with Crippen molar-refractivity contribution in [3.05, 3.63) is 46.2 Å². The summed E-state index contributed by atoms with van der Waals surface area (Å²) in [4.78, 5) is 14.8. The number of pyridine rings is 1. The molecule has 1 saturated carbocycles. The second-order valence-corrected chi connectivity index (χ2v) is 7.53. The van der Waals surface area contributed by atoms with E-state index >= 15 is 0 Å². The lowest BCUT2D eigenvalue weighted by Gasteiger charge is -2.12. The Hall–Kier alpha value is -1.66. The Morgan fingerprint density at radius 1 is 1.19 bits per heavy atom. The Labute approximate surface area is 123 Å². The van der Waals surface area contributed by atoms with Crippen molar-refractivity contribution in [1.82, 2.24) is 9.71 Å². The third-order valence-corrected chi connectivity index (χ3v) is 5.93. The summed E-state index contributed by atoms with van der Waals surface area (Å²) >= 11 is 0. The molecule has 1 fully saturated rings. The van der Waals surface area contributed by atoms with Crippen LogP contribution in [0.25, 0.3) is 10.9 Å². The molecule has 1 aliphatic carbocycles. The van der Waals surface area contributed by atoms with E-state index < -0.39 is 10.0 Å². The van der Waals surface area contributed by atoms with Crippen molar-refractivity contribution in [2.75, 3.05) is 0 Å². The van der Waals surface area contributed by atoms with Crippen LogP contribution in [-0.2, 0) is 16.6 Å². The summed E-state index contributed by atoms with van der Waals surface area (Å²) < 4.78 is 26.9. The van der Waals surface area contributed by atoms with Crippen LogP contribution in [0, 0.1) is 0 Å². The molecule has 21 heavy (non-hydrogen) atoms. The van der Waals surface area contributed by atoms with Crippen LogP contribution < -0.4 is 10.3 Å². The number of benzene rings is 1. The molecule has 0 unspecified atom stereocenters. The van der Waals surface area contributed by atoms with Crippen molar-refractivity contribution >= 4 is 20.9 Å². The molecule has 0 radical (unpaired) electrons. The maximum atomic E-state index is 12.2. The molecule has 2 N–H and O–H groups in total. The first kappa shape index (κ1) is 14.3. The first-order valence-electron chi connectivity index (χ1n) is 7.16. The molecule has 0 bridgehead atoms. The van der Waals surface area contributed by atoms with Crippen LogP contribution in [0.4, 0.5) is 0 Å². The van der Waals surface area contributed by atoms with Crippen molar-refractivity contribution in [2.24, 2.45) is 0 Å². The second kappa shape index (κ2) is 5.61. The molecule has 0 amide bonds. The molecule has 0 spiro atoms. The second-order valence-electron chi connectivity index (χ2n) is 5.48. The first-order chi connectivity index (χ1) is 10.1. The molecule has 1 aromatic carbocycles. The van der Waals surface area contributed by atoms with E-state index in [4.69, 9.17) is 0 Å². The minimum absolute atomic E-state index is 0.0407. The van der Waals surface area contributed by atoms with Crippen LogP contribution in [0.5, 0.6) is 0 Å². The summed E-state index contributed by atoms with van der Waals surface area (Å²) in [7, 11) is -3.33. The Morgan fingerprint density at radius 2 is 1.90 bits per heavy atom. The van der Waals surface area contributed by atoms with Gasteiger partial charge in [-0.3, -0.25) is 4.79 Å². The summed E-state index contributed by atoms with van der Waals surface area (Å²) in [5.74, 6) is 0.